The first-order valence-electron chi connectivity index (χ1n) is 10.6. The minimum atomic E-state index is -3.09. The van der Waals surface area contributed by atoms with Gasteiger partial charge in [0.15, 0.2) is 6.10 Å². The third kappa shape index (κ3) is 4.13. The van der Waals surface area contributed by atoms with Crippen LogP contribution in [0.4, 0.5) is 8.78 Å². The van der Waals surface area contributed by atoms with Crippen molar-refractivity contribution in [2.45, 2.75) is 25.4 Å². The summed E-state index contributed by atoms with van der Waals surface area (Å²) in [6.45, 7) is 1.51. The number of ether oxygens (including phenoxy) is 1. The van der Waals surface area contributed by atoms with E-state index < -0.39 is 18.4 Å². The zero-order valence-electron chi connectivity index (χ0n) is 17.9. The molecule has 1 aliphatic rings. The molecule has 5 rings (SSSR count). The first kappa shape index (κ1) is 21.0. The lowest BCUT2D eigenvalue weighted by molar-refractivity contribution is -0.131. The Morgan fingerprint density at radius 1 is 1.09 bits per heavy atom. The summed E-state index contributed by atoms with van der Waals surface area (Å²) in [4.78, 5) is 20.5. The van der Waals surface area contributed by atoms with Crippen molar-refractivity contribution in [2.75, 3.05) is 13.1 Å². The van der Waals surface area contributed by atoms with Gasteiger partial charge in [0.05, 0.1) is 35.7 Å². The Morgan fingerprint density at radius 2 is 1.88 bits per heavy atom. The van der Waals surface area contributed by atoms with Crippen molar-refractivity contribution in [3.63, 3.8) is 0 Å². The Kier molecular flexibility index (Phi) is 5.24. The van der Waals surface area contributed by atoms with Gasteiger partial charge in [-0.2, -0.15) is 15.0 Å². The van der Waals surface area contributed by atoms with Gasteiger partial charge in [-0.25, -0.2) is 13.8 Å². The number of para-hydroxylation sites is 1. The average Bonchev–Trinajstić information content (AvgIpc) is 3.34. The Labute approximate surface area is 188 Å². The van der Waals surface area contributed by atoms with Gasteiger partial charge >= 0.3 is 0 Å². The zero-order chi connectivity index (χ0) is 23.0. The number of amides is 1. The number of aryl methyl sites for hydroxylation is 1. The van der Waals surface area contributed by atoms with E-state index in [1.54, 1.807) is 30.3 Å². The van der Waals surface area contributed by atoms with Gasteiger partial charge < -0.3 is 9.64 Å². The predicted octanol–water partition coefficient (Wildman–Crippen LogP) is 4.05. The molecular formula is C24H21F2N5O2. The Morgan fingerprint density at radius 3 is 2.70 bits per heavy atom. The molecule has 7 nitrogen and oxygen atoms in total. The fourth-order valence-corrected chi connectivity index (χ4v) is 3.94. The van der Waals surface area contributed by atoms with E-state index >= 15 is 0 Å². The molecule has 0 N–H and O–H groups in total. The lowest BCUT2D eigenvalue weighted by Crippen LogP contribution is -2.55. The van der Waals surface area contributed by atoms with Crippen LogP contribution in [0.5, 0.6) is 5.88 Å². The highest BCUT2D eigenvalue weighted by molar-refractivity contribution is 5.98. The van der Waals surface area contributed by atoms with E-state index in [2.05, 4.69) is 15.2 Å². The molecule has 4 aromatic rings. The molecule has 1 atom stereocenters. The maximum Gasteiger partial charge on any atom is 0.287 e. The molecule has 0 aliphatic carbocycles. The Hall–Kier alpha value is -3.88. The normalized spacial score (nSPS) is 17.8. The summed E-state index contributed by atoms with van der Waals surface area (Å²) >= 11 is 0. The molecule has 0 spiro atoms. The first-order valence-corrected chi connectivity index (χ1v) is 10.6. The highest BCUT2D eigenvalue weighted by Gasteiger charge is 2.47. The molecule has 33 heavy (non-hydrogen) atoms. The minimum Gasteiger partial charge on any atom is -0.466 e. The lowest BCUT2D eigenvalue weighted by atomic mass is 10.0. The van der Waals surface area contributed by atoms with Gasteiger partial charge in [-0.3, -0.25) is 4.79 Å². The second kappa shape index (κ2) is 8.23. The average molecular weight is 449 g/mol. The molecule has 168 valence electrons. The summed E-state index contributed by atoms with van der Waals surface area (Å²) in [5, 5.41) is 9.10. The van der Waals surface area contributed by atoms with Gasteiger partial charge in [0, 0.05) is 24.4 Å². The molecule has 9 heteroatoms. The van der Waals surface area contributed by atoms with Crippen LogP contribution in [0.15, 0.2) is 67.0 Å². The third-order valence-corrected chi connectivity index (χ3v) is 5.71. The number of nitrogens with zero attached hydrogens (tertiary/aromatic N) is 5. The summed E-state index contributed by atoms with van der Waals surface area (Å²) in [5.74, 6) is -3.37. The number of piperidine rings is 1. The molecule has 1 saturated heterocycles. The van der Waals surface area contributed by atoms with Crippen molar-refractivity contribution in [2.24, 2.45) is 0 Å². The fourth-order valence-electron chi connectivity index (χ4n) is 3.94. The number of carbonyl (C=O) groups is 1. The molecule has 1 amide bonds. The number of likely N-dealkylation sites (tertiary alicyclic amines) is 1. The highest BCUT2D eigenvalue weighted by atomic mass is 19.3. The standard InChI is InChI=1S/C24H21F2N5O2/c1-16-6-8-20(31-27-11-12-28-31)18(14-16)23(32)30-13-10-24(25,26)21(15-30)33-22-9-7-17-4-2-3-5-19(17)29-22/h2-9,11-12,14,21H,10,13,15H2,1H3. The van der Waals surface area contributed by atoms with Gasteiger partial charge in [-0.15, -0.1) is 0 Å². The number of pyridine rings is 1. The second-order valence-electron chi connectivity index (χ2n) is 8.05. The van der Waals surface area contributed by atoms with E-state index in [9.17, 15) is 13.6 Å². The topological polar surface area (TPSA) is 73.1 Å². The molecule has 1 fully saturated rings. The number of hydrogen-bond donors (Lipinski definition) is 0. The van der Waals surface area contributed by atoms with E-state index in [4.69, 9.17) is 4.74 Å². The largest absolute Gasteiger partial charge is 0.466 e. The fraction of sp³-hybridized carbons (Fsp3) is 0.250. The van der Waals surface area contributed by atoms with Crippen LogP contribution in [-0.4, -0.2) is 55.9 Å². The number of aromatic nitrogens is 4. The number of hydrogen-bond acceptors (Lipinski definition) is 5. The van der Waals surface area contributed by atoms with Gasteiger partial charge in [-0.05, 0) is 31.2 Å². The van der Waals surface area contributed by atoms with Crippen molar-refractivity contribution in [3.8, 4) is 11.6 Å². The smallest absolute Gasteiger partial charge is 0.287 e. The molecule has 1 aliphatic heterocycles. The van der Waals surface area contributed by atoms with E-state index in [1.807, 2.05) is 31.2 Å². The van der Waals surface area contributed by atoms with E-state index in [0.29, 0.717) is 16.8 Å². The number of fused-ring (bicyclic) bond motifs is 1. The van der Waals surface area contributed by atoms with Crippen molar-refractivity contribution in [3.05, 3.63) is 78.1 Å². The summed E-state index contributed by atoms with van der Waals surface area (Å²) in [6, 6.07) is 16.0. The number of benzene rings is 2. The summed E-state index contributed by atoms with van der Waals surface area (Å²) in [6.07, 6.45) is 1.00. The number of carbonyl (C=O) groups excluding carboxylic acids is 1. The predicted molar refractivity (Wildman–Crippen MR) is 118 cm³/mol. The van der Waals surface area contributed by atoms with E-state index in [1.165, 1.54) is 22.1 Å². The van der Waals surface area contributed by atoms with Crippen LogP contribution < -0.4 is 4.74 Å². The van der Waals surface area contributed by atoms with Crippen LogP contribution in [0.2, 0.25) is 0 Å². The SMILES string of the molecule is Cc1ccc(-n2nccn2)c(C(=O)N2CCC(F)(F)C(Oc3ccc4ccccc4n3)C2)c1. The van der Waals surface area contributed by atoms with Crippen LogP contribution in [-0.2, 0) is 0 Å². The van der Waals surface area contributed by atoms with Crippen LogP contribution in [0.1, 0.15) is 22.3 Å². The third-order valence-electron chi connectivity index (χ3n) is 5.71. The van der Waals surface area contributed by atoms with Crippen molar-refractivity contribution >= 4 is 16.8 Å². The Balaban J connectivity index is 1.41. The van der Waals surface area contributed by atoms with E-state index in [0.717, 1.165) is 10.9 Å². The second-order valence-corrected chi connectivity index (χ2v) is 8.05. The number of halogens is 2. The summed E-state index contributed by atoms with van der Waals surface area (Å²) < 4.78 is 35.2. The summed E-state index contributed by atoms with van der Waals surface area (Å²) in [7, 11) is 0. The number of alkyl halides is 2. The van der Waals surface area contributed by atoms with Crippen LogP contribution in [0.3, 0.4) is 0 Å². The first-order chi connectivity index (χ1) is 15.9. The molecule has 2 aromatic carbocycles. The maximum atomic E-state index is 14.8. The van der Waals surface area contributed by atoms with E-state index in [-0.39, 0.29) is 24.9 Å². The molecule has 0 saturated carbocycles. The van der Waals surface area contributed by atoms with Gasteiger partial charge in [0.1, 0.15) is 0 Å². The van der Waals surface area contributed by atoms with Crippen molar-refractivity contribution < 1.29 is 18.3 Å². The molecule has 2 aromatic heterocycles. The van der Waals surface area contributed by atoms with Crippen LogP contribution >= 0.6 is 0 Å². The minimum absolute atomic E-state index is 0.0865. The van der Waals surface area contributed by atoms with Gasteiger partial charge in [-0.1, -0.05) is 29.8 Å². The van der Waals surface area contributed by atoms with Crippen LogP contribution in [0.25, 0.3) is 16.6 Å². The quantitative estimate of drug-likeness (QED) is 0.470. The molecule has 1 unspecified atom stereocenters. The molecule has 3 heterocycles. The van der Waals surface area contributed by atoms with Gasteiger partial charge in [0.2, 0.25) is 5.88 Å². The molecular weight excluding hydrogens is 428 g/mol. The lowest BCUT2D eigenvalue weighted by Gasteiger charge is -2.38. The zero-order valence-corrected chi connectivity index (χ0v) is 17.9. The van der Waals surface area contributed by atoms with Crippen LogP contribution in [0, 0.1) is 6.92 Å². The molecule has 0 radical (unpaired) electrons. The highest BCUT2D eigenvalue weighted by Crippen LogP contribution is 2.33. The maximum absolute atomic E-state index is 14.8. The van der Waals surface area contributed by atoms with Crippen molar-refractivity contribution in [1.82, 2.24) is 24.9 Å². The Bertz CT molecular complexity index is 1310. The monoisotopic (exact) mass is 449 g/mol. The van der Waals surface area contributed by atoms with Gasteiger partial charge in [0.25, 0.3) is 11.8 Å². The number of rotatable bonds is 4. The van der Waals surface area contributed by atoms with Crippen molar-refractivity contribution in [1.29, 1.82) is 0 Å². The molecule has 0 bridgehead atoms. The summed E-state index contributed by atoms with van der Waals surface area (Å²) in [5.41, 5.74) is 2.35.